The van der Waals surface area contributed by atoms with Crippen LogP contribution in [-0.2, 0) is 4.74 Å². The molecule has 1 heterocycles. The molecule has 1 aromatic rings. The van der Waals surface area contributed by atoms with E-state index in [1.165, 1.54) is 44.9 Å². The Morgan fingerprint density at radius 2 is 1.95 bits per heavy atom. The second kappa shape index (κ2) is 8.37. The third-order valence-electron chi connectivity index (χ3n) is 4.11. The lowest BCUT2D eigenvalue weighted by Crippen LogP contribution is -2.12. The van der Waals surface area contributed by atoms with Gasteiger partial charge in [0.05, 0.1) is 6.04 Å². The number of aromatic nitrogens is 2. The number of methoxy groups -OCH3 is 1. The Hall–Kier alpha value is -0.940. The molecule has 2 rings (SSSR count). The zero-order valence-corrected chi connectivity index (χ0v) is 12.5. The van der Waals surface area contributed by atoms with E-state index in [-0.39, 0.29) is 6.04 Å². The van der Waals surface area contributed by atoms with Crippen molar-refractivity contribution in [1.29, 1.82) is 0 Å². The van der Waals surface area contributed by atoms with E-state index in [0.29, 0.717) is 11.8 Å². The van der Waals surface area contributed by atoms with Crippen LogP contribution in [0.25, 0.3) is 0 Å². The Labute approximate surface area is 121 Å². The quantitative estimate of drug-likeness (QED) is 0.810. The summed E-state index contributed by atoms with van der Waals surface area (Å²) in [7, 11) is 1.70. The standard InChI is InChI=1S/C15H27N3O2/c1-19-11-7-10-13(16)15-17-14(18-20-15)12-8-5-3-2-4-6-9-12/h12-13H,2-11,16H2,1H3. The van der Waals surface area contributed by atoms with Gasteiger partial charge in [0.15, 0.2) is 5.82 Å². The fraction of sp³-hybridized carbons (Fsp3) is 0.867. The van der Waals surface area contributed by atoms with E-state index in [9.17, 15) is 0 Å². The lowest BCUT2D eigenvalue weighted by atomic mass is 9.91. The third-order valence-corrected chi connectivity index (χ3v) is 4.11. The summed E-state index contributed by atoms with van der Waals surface area (Å²) in [6.07, 6.45) is 10.7. The summed E-state index contributed by atoms with van der Waals surface area (Å²) in [6.45, 7) is 0.720. The number of hydrogen-bond acceptors (Lipinski definition) is 5. The molecular weight excluding hydrogens is 254 g/mol. The van der Waals surface area contributed by atoms with Crippen molar-refractivity contribution in [2.45, 2.75) is 69.7 Å². The average molecular weight is 281 g/mol. The van der Waals surface area contributed by atoms with Gasteiger partial charge in [-0.25, -0.2) is 0 Å². The molecule has 0 amide bonds. The Morgan fingerprint density at radius 1 is 1.25 bits per heavy atom. The van der Waals surface area contributed by atoms with Crippen molar-refractivity contribution in [3.8, 4) is 0 Å². The molecule has 1 aliphatic rings. The minimum atomic E-state index is -0.167. The molecule has 20 heavy (non-hydrogen) atoms. The molecule has 114 valence electrons. The van der Waals surface area contributed by atoms with Gasteiger partial charge in [0, 0.05) is 19.6 Å². The van der Waals surface area contributed by atoms with Crippen LogP contribution in [0.1, 0.15) is 81.5 Å². The monoisotopic (exact) mass is 281 g/mol. The molecule has 0 bridgehead atoms. The van der Waals surface area contributed by atoms with E-state index >= 15 is 0 Å². The van der Waals surface area contributed by atoms with E-state index in [1.54, 1.807) is 7.11 Å². The van der Waals surface area contributed by atoms with Crippen molar-refractivity contribution in [1.82, 2.24) is 10.1 Å². The highest BCUT2D eigenvalue weighted by Gasteiger charge is 2.21. The van der Waals surface area contributed by atoms with Gasteiger partial charge in [0.25, 0.3) is 0 Å². The molecule has 1 atom stereocenters. The first-order valence-electron chi connectivity index (χ1n) is 7.89. The first-order chi connectivity index (χ1) is 9.81. The summed E-state index contributed by atoms with van der Waals surface area (Å²) in [5.74, 6) is 1.90. The highest BCUT2D eigenvalue weighted by Crippen LogP contribution is 2.29. The summed E-state index contributed by atoms with van der Waals surface area (Å²) in [4.78, 5) is 4.54. The Balaban J connectivity index is 1.89. The Kier molecular flexibility index (Phi) is 6.47. The normalized spacial score (nSPS) is 19.5. The van der Waals surface area contributed by atoms with Crippen LogP contribution in [0.15, 0.2) is 4.52 Å². The highest BCUT2D eigenvalue weighted by atomic mass is 16.5. The number of ether oxygens (including phenoxy) is 1. The molecule has 0 saturated heterocycles. The first-order valence-corrected chi connectivity index (χ1v) is 7.89. The molecule has 1 unspecified atom stereocenters. The molecule has 5 nitrogen and oxygen atoms in total. The first kappa shape index (κ1) is 15.4. The van der Waals surface area contributed by atoms with E-state index in [0.717, 1.165) is 25.3 Å². The average Bonchev–Trinajstić information content (AvgIpc) is 2.88. The fourth-order valence-electron chi connectivity index (χ4n) is 2.85. The number of nitrogens with zero attached hydrogens (tertiary/aromatic N) is 2. The SMILES string of the molecule is COCCCC(N)c1nc(C2CCCCCCC2)no1. The van der Waals surface area contributed by atoms with Gasteiger partial charge < -0.3 is 15.0 Å². The lowest BCUT2D eigenvalue weighted by molar-refractivity contribution is 0.188. The van der Waals surface area contributed by atoms with Crippen molar-refractivity contribution >= 4 is 0 Å². The molecule has 0 aliphatic heterocycles. The minimum Gasteiger partial charge on any atom is -0.385 e. The van der Waals surface area contributed by atoms with E-state index in [4.69, 9.17) is 15.0 Å². The second-order valence-electron chi connectivity index (χ2n) is 5.77. The predicted molar refractivity (Wildman–Crippen MR) is 77.4 cm³/mol. The van der Waals surface area contributed by atoms with Gasteiger partial charge in [0.1, 0.15) is 0 Å². The van der Waals surface area contributed by atoms with Crippen LogP contribution in [0, 0.1) is 0 Å². The number of hydrogen-bond donors (Lipinski definition) is 1. The van der Waals surface area contributed by atoms with Crippen molar-refractivity contribution in [3.05, 3.63) is 11.7 Å². The minimum absolute atomic E-state index is 0.167. The maximum atomic E-state index is 6.08. The summed E-state index contributed by atoms with van der Waals surface area (Å²) in [5.41, 5.74) is 6.08. The molecule has 1 aliphatic carbocycles. The van der Waals surface area contributed by atoms with Crippen LogP contribution in [0.3, 0.4) is 0 Å². The maximum absolute atomic E-state index is 6.08. The molecule has 0 aromatic carbocycles. The van der Waals surface area contributed by atoms with Gasteiger partial charge in [0.2, 0.25) is 5.89 Å². The Morgan fingerprint density at radius 3 is 2.65 bits per heavy atom. The molecule has 1 fully saturated rings. The van der Waals surface area contributed by atoms with Gasteiger partial charge >= 0.3 is 0 Å². The number of nitrogens with two attached hydrogens (primary N) is 1. The molecule has 0 radical (unpaired) electrons. The fourth-order valence-corrected chi connectivity index (χ4v) is 2.85. The summed E-state index contributed by atoms with van der Waals surface area (Å²) in [6, 6.07) is -0.167. The molecule has 5 heteroatoms. The zero-order valence-electron chi connectivity index (χ0n) is 12.5. The maximum Gasteiger partial charge on any atom is 0.243 e. The van der Waals surface area contributed by atoms with Crippen LogP contribution < -0.4 is 5.73 Å². The molecule has 2 N–H and O–H groups in total. The summed E-state index contributed by atoms with van der Waals surface area (Å²) in [5, 5.41) is 4.16. The lowest BCUT2D eigenvalue weighted by Gasteiger charge is -2.15. The zero-order chi connectivity index (χ0) is 14.2. The van der Waals surface area contributed by atoms with Crippen LogP contribution in [0.4, 0.5) is 0 Å². The number of rotatable bonds is 6. The smallest absolute Gasteiger partial charge is 0.243 e. The van der Waals surface area contributed by atoms with Crippen LogP contribution in [0.2, 0.25) is 0 Å². The van der Waals surface area contributed by atoms with E-state index in [2.05, 4.69) is 10.1 Å². The van der Waals surface area contributed by atoms with Gasteiger partial charge in [-0.2, -0.15) is 4.98 Å². The van der Waals surface area contributed by atoms with Gasteiger partial charge in [-0.15, -0.1) is 0 Å². The molecule has 0 spiro atoms. The highest BCUT2D eigenvalue weighted by molar-refractivity contribution is 4.98. The molecule has 1 saturated carbocycles. The summed E-state index contributed by atoms with van der Waals surface area (Å²) < 4.78 is 10.4. The summed E-state index contributed by atoms with van der Waals surface area (Å²) >= 11 is 0. The predicted octanol–water partition coefficient (Wildman–Crippen LogP) is 3.32. The van der Waals surface area contributed by atoms with Crippen LogP contribution in [-0.4, -0.2) is 23.9 Å². The van der Waals surface area contributed by atoms with Crippen molar-refractivity contribution in [2.75, 3.05) is 13.7 Å². The second-order valence-corrected chi connectivity index (χ2v) is 5.77. The molecular formula is C15H27N3O2. The van der Waals surface area contributed by atoms with Gasteiger partial charge in [-0.05, 0) is 25.7 Å². The largest absolute Gasteiger partial charge is 0.385 e. The van der Waals surface area contributed by atoms with Crippen LogP contribution >= 0.6 is 0 Å². The third kappa shape index (κ3) is 4.56. The van der Waals surface area contributed by atoms with Crippen molar-refractivity contribution in [3.63, 3.8) is 0 Å². The molecule has 1 aromatic heterocycles. The van der Waals surface area contributed by atoms with Crippen molar-refractivity contribution in [2.24, 2.45) is 5.73 Å². The van der Waals surface area contributed by atoms with Gasteiger partial charge in [-0.1, -0.05) is 37.3 Å². The topological polar surface area (TPSA) is 74.2 Å². The van der Waals surface area contributed by atoms with Crippen LogP contribution in [0.5, 0.6) is 0 Å². The van der Waals surface area contributed by atoms with Crippen molar-refractivity contribution < 1.29 is 9.26 Å². The Bertz CT molecular complexity index is 373. The van der Waals surface area contributed by atoms with E-state index < -0.39 is 0 Å². The van der Waals surface area contributed by atoms with Gasteiger partial charge in [-0.3, -0.25) is 0 Å². The van der Waals surface area contributed by atoms with E-state index in [1.807, 2.05) is 0 Å².